The number of aliphatic hydroxyl groups is 3. The molecule has 2 saturated carbocycles. The number of ether oxygens (including phenoxy) is 7. The van der Waals surface area contributed by atoms with Crippen LogP contribution in [0.15, 0.2) is 84.0 Å². The number of nitrogens with one attached hydrogen (secondary N) is 1. The number of amides is 1. The molecule has 4 N–H and O–H groups in total. The lowest BCUT2D eigenvalue weighted by Gasteiger charge is -2.68. The molecule has 3 aliphatic carbocycles. The van der Waals surface area contributed by atoms with Crippen molar-refractivity contribution in [3.63, 3.8) is 0 Å². The summed E-state index contributed by atoms with van der Waals surface area (Å²) in [5.41, 5.74) is -5.54. The molecule has 2 aromatic carbocycles. The summed E-state index contributed by atoms with van der Waals surface area (Å²) in [5, 5.41) is 40.8. The average molecular weight is 864 g/mol. The van der Waals surface area contributed by atoms with Crippen molar-refractivity contribution in [2.75, 3.05) is 33.5 Å². The summed E-state index contributed by atoms with van der Waals surface area (Å²) in [4.78, 5) is 67.8. The van der Waals surface area contributed by atoms with Gasteiger partial charge < -0.3 is 53.8 Å². The molecule has 0 radical (unpaired) electrons. The molecule has 11 atom stereocenters. The number of carbonyl (C=O) groups is 5. The van der Waals surface area contributed by atoms with Crippen LogP contribution >= 0.6 is 0 Å². The van der Waals surface area contributed by atoms with Gasteiger partial charge in [0.1, 0.15) is 36.6 Å². The zero-order valence-corrected chi connectivity index (χ0v) is 36.1. The lowest BCUT2D eigenvalue weighted by atomic mass is 9.44. The van der Waals surface area contributed by atoms with Crippen molar-refractivity contribution in [3.05, 3.63) is 95.1 Å². The highest BCUT2D eigenvalue weighted by Crippen LogP contribution is 2.65. The molecule has 3 fully saturated rings. The summed E-state index contributed by atoms with van der Waals surface area (Å²) in [6.45, 7) is 12.8. The summed E-state index contributed by atoms with van der Waals surface area (Å²) >= 11 is 0. The molecular formula is C46H57NO15. The van der Waals surface area contributed by atoms with Gasteiger partial charge in [0.05, 0.1) is 32.0 Å². The Labute approximate surface area is 360 Å². The molecule has 16 heteroatoms. The minimum Gasteiger partial charge on any atom is -0.455 e. The predicted octanol–water partition coefficient (Wildman–Crippen LogP) is 3.07. The lowest BCUT2D eigenvalue weighted by molar-refractivity contribution is -0.347. The first-order valence-corrected chi connectivity index (χ1v) is 20.6. The van der Waals surface area contributed by atoms with Gasteiger partial charge in [-0.1, -0.05) is 75.9 Å². The van der Waals surface area contributed by atoms with E-state index in [0.29, 0.717) is 11.1 Å². The molecule has 1 aliphatic heterocycles. The molecule has 62 heavy (non-hydrogen) atoms. The third kappa shape index (κ3) is 8.19. The molecule has 1 heterocycles. The van der Waals surface area contributed by atoms with Gasteiger partial charge in [-0.3, -0.25) is 14.4 Å². The Balaban J connectivity index is 1.47. The zero-order chi connectivity index (χ0) is 45.4. The maximum Gasteiger partial charge on any atom is 0.350 e. The van der Waals surface area contributed by atoms with E-state index < -0.39 is 113 Å². The van der Waals surface area contributed by atoms with Crippen LogP contribution in [-0.2, 0) is 52.3 Å². The van der Waals surface area contributed by atoms with Crippen LogP contribution in [0.4, 0.5) is 0 Å². The van der Waals surface area contributed by atoms with Gasteiger partial charge in [0.15, 0.2) is 5.60 Å². The Kier molecular flexibility index (Phi) is 13.5. The monoisotopic (exact) mass is 863 g/mol. The van der Waals surface area contributed by atoms with Gasteiger partial charge in [-0.05, 0) is 41.3 Å². The van der Waals surface area contributed by atoms with Crippen LogP contribution in [0.2, 0.25) is 0 Å². The third-order valence-electron chi connectivity index (χ3n) is 13.4. The van der Waals surface area contributed by atoms with Crippen molar-refractivity contribution in [3.8, 4) is 0 Å². The number of hydrogen-bond donors (Lipinski definition) is 4. The van der Waals surface area contributed by atoms with Crippen molar-refractivity contribution < 1.29 is 72.5 Å². The summed E-state index contributed by atoms with van der Waals surface area (Å²) in [5.74, 6) is -5.42. The molecule has 1 amide bonds. The van der Waals surface area contributed by atoms with Crippen LogP contribution in [-0.4, -0.2) is 126 Å². The first-order chi connectivity index (χ1) is 29.2. The van der Waals surface area contributed by atoms with E-state index in [-0.39, 0.29) is 43.0 Å². The second-order valence-electron chi connectivity index (χ2n) is 17.3. The van der Waals surface area contributed by atoms with E-state index in [4.69, 9.17) is 33.2 Å². The molecule has 2 bridgehead atoms. The van der Waals surface area contributed by atoms with Crippen molar-refractivity contribution in [1.82, 2.24) is 5.32 Å². The van der Waals surface area contributed by atoms with Gasteiger partial charge in [0, 0.05) is 56.1 Å². The van der Waals surface area contributed by atoms with Crippen LogP contribution in [0.5, 0.6) is 0 Å². The third-order valence-corrected chi connectivity index (χ3v) is 13.4. The van der Waals surface area contributed by atoms with E-state index in [0.717, 1.165) is 0 Å². The minimum absolute atomic E-state index is 0.0280. The molecule has 1 unspecified atom stereocenters. The van der Waals surface area contributed by atoms with Crippen LogP contribution in [0.3, 0.4) is 0 Å². The number of aliphatic hydroxyl groups excluding tert-OH is 2. The Hall–Kier alpha value is -4.97. The highest BCUT2D eigenvalue weighted by Gasteiger charge is 2.76. The van der Waals surface area contributed by atoms with Gasteiger partial charge >= 0.3 is 23.9 Å². The first kappa shape index (κ1) is 46.5. The van der Waals surface area contributed by atoms with Crippen molar-refractivity contribution in [2.24, 2.45) is 16.7 Å². The molecule has 0 spiro atoms. The van der Waals surface area contributed by atoms with Crippen LogP contribution in [0.1, 0.15) is 76.3 Å². The van der Waals surface area contributed by atoms with Crippen molar-refractivity contribution in [1.29, 1.82) is 0 Å². The topological polar surface area (TPSA) is 223 Å². The van der Waals surface area contributed by atoms with Gasteiger partial charge in [-0.15, -0.1) is 0 Å². The van der Waals surface area contributed by atoms with Crippen LogP contribution in [0, 0.1) is 16.7 Å². The fraction of sp³-hybridized carbons (Fsp3) is 0.543. The number of rotatable bonds is 14. The number of carbonyl (C=O) groups excluding carboxylic acids is 5. The van der Waals surface area contributed by atoms with Crippen molar-refractivity contribution in [2.45, 2.75) is 108 Å². The van der Waals surface area contributed by atoms with Gasteiger partial charge in [0.25, 0.3) is 5.91 Å². The Morgan fingerprint density at radius 3 is 2.16 bits per heavy atom. The first-order valence-electron chi connectivity index (χ1n) is 20.6. The molecule has 0 aromatic heterocycles. The van der Waals surface area contributed by atoms with E-state index in [1.165, 1.54) is 21.0 Å². The van der Waals surface area contributed by atoms with Gasteiger partial charge in [-0.25, -0.2) is 9.59 Å². The molecule has 336 valence electrons. The molecule has 16 nitrogen and oxygen atoms in total. The van der Waals surface area contributed by atoms with E-state index in [1.807, 2.05) is 0 Å². The fourth-order valence-electron chi connectivity index (χ4n) is 10.0. The number of fused-ring (bicyclic) bond motifs is 5. The number of esters is 4. The normalized spacial score (nSPS) is 31.9. The second kappa shape index (κ2) is 18.0. The van der Waals surface area contributed by atoms with Gasteiger partial charge in [-0.2, -0.15) is 0 Å². The summed E-state index contributed by atoms with van der Waals surface area (Å²) < 4.78 is 40.4. The molecular weight excluding hydrogens is 806 g/mol. The van der Waals surface area contributed by atoms with E-state index in [1.54, 1.807) is 88.4 Å². The maximum atomic E-state index is 14.9. The zero-order valence-electron chi connectivity index (χ0n) is 36.1. The largest absolute Gasteiger partial charge is 0.455 e. The number of benzene rings is 2. The Morgan fingerprint density at radius 2 is 1.58 bits per heavy atom. The van der Waals surface area contributed by atoms with E-state index >= 15 is 0 Å². The minimum atomic E-state index is -2.27. The number of methoxy groups -OCH3 is 1. The Morgan fingerprint density at radius 1 is 0.935 bits per heavy atom. The molecule has 6 rings (SSSR count). The van der Waals surface area contributed by atoms with Gasteiger partial charge in [0.2, 0.25) is 6.10 Å². The summed E-state index contributed by atoms with van der Waals surface area (Å²) in [6, 6.07) is 15.2. The average Bonchev–Trinajstić information content (AvgIpc) is 3.22. The van der Waals surface area contributed by atoms with Crippen LogP contribution in [0.25, 0.3) is 0 Å². The molecule has 4 aliphatic rings. The highest BCUT2D eigenvalue weighted by molar-refractivity contribution is 5.95. The number of hydrogen-bond acceptors (Lipinski definition) is 15. The summed E-state index contributed by atoms with van der Waals surface area (Å²) in [7, 11) is 1.46. The predicted molar refractivity (Wildman–Crippen MR) is 219 cm³/mol. The summed E-state index contributed by atoms with van der Waals surface area (Å²) in [6.07, 6.45) is -9.09. The Bertz CT molecular complexity index is 2070. The van der Waals surface area contributed by atoms with E-state index in [2.05, 4.69) is 11.9 Å². The SMILES string of the molecule is C=C1[C@H](OC(C)=O)C2=C(C)[C@@H](OC(=O)[C@H](OC(=O)COCCOC)[C@@H](NC(=O)c3ccccc3)c3ccccc3)C[C@@](O)([C@@H](O)[C@@H]3C4(OC(C)=O)CO[C@@H]4C[C@H](O)[C@@]13C)C2(C)C. The van der Waals surface area contributed by atoms with E-state index in [9.17, 15) is 39.3 Å². The standard InChI is InChI=1S/C46H57NO15/c1-25-31(60-42(54)38(61-34(51)23-57-20-19-56-8)36(29-15-11-9-12-16-29)47-41(53)30-17-13-10-14-18-30)22-46(55)40(52)39-44(7,26(2)37(59-27(3)48)35(25)43(46,5)6)32(50)21-33-45(39,24-58-33)62-28(4)49/h9-18,31-33,36-40,50,52,55H,2,19-24H2,1,3-8H3,(H,47,53)/t31-,32-,33+,36-,37-,38+,39-,40-,44+,45?,46+/m0/s1. The fourth-order valence-corrected chi connectivity index (χ4v) is 10.0. The van der Waals surface area contributed by atoms with Crippen molar-refractivity contribution >= 4 is 29.8 Å². The smallest absolute Gasteiger partial charge is 0.350 e. The second-order valence-corrected chi connectivity index (χ2v) is 17.3. The van der Waals surface area contributed by atoms with Crippen LogP contribution < -0.4 is 5.32 Å². The maximum absolute atomic E-state index is 14.9. The molecule has 1 saturated heterocycles. The lowest BCUT2D eigenvalue weighted by Crippen LogP contribution is -2.80. The highest BCUT2D eigenvalue weighted by atomic mass is 16.6. The quantitative estimate of drug-likeness (QED) is 0.0928. The molecule has 2 aromatic rings.